The summed E-state index contributed by atoms with van der Waals surface area (Å²) in [6.07, 6.45) is -5.14. The van der Waals surface area contributed by atoms with Crippen LogP contribution in [0.1, 0.15) is 18.7 Å². The molecule has 18 heteroatoms. The number of nitrogens with one attached hydrogen (secondary N) is 1. The van der Waals surface area contributed by atoms with Crippen LogP contribution in [0.2, 0.25) is 5.28 Å². The van der Waals surface area contributed by atoms with Gasteiger partial charge in [0.2, 0.25) is 5.28 Å². The molecule has 4 rings (SSSR count). The number of aromatic nitrogens is 4. The van der Waals surface area contributed by atoms with Gasteiger partial charge in [-0.3, -0.25) is 9.13 Å². The van der Waals surface area contributed by atoms with Gasteiger partial charge in [-0.05, 0) is 42.6 Å². The molecule has 1 fully saturated rings. The Bertz CT molecular complexity index is 1410. The predicted molar refractivity (Wildman–Crippen MR) is 131 cm³/mol. The molecule has 2 aromatic heterocycles. The number of anilines is 1. The topological polar surface area (TPSA) is 189 Å². The summed E-state index contributed by atoms with van der Waals surface area (Å²) >= 11 is 6.09. The Balaban J connectivity index is 1.51. The number of hydrogen-bond acceptors (Lipinski definition) is 9. The van der Waals surface area contributed by atoms with Crippen LogP contribution in [0.25, 0.3) is 11.0 Å². The first-order valence-corrected chi connectivity index (χ1v) is 15.1. The number of rotatable bonds is 10. The van der Waals surface area contributed by atoms with E-state index in [1.807, 2.05) is 6.92 Å². The van der Waals surface area contributed by atoms with Crippen molar-refractivity contribution in [3.05, 3.63) is 47.1 Å². The predicted octanol–water partition coefficient (Wildman–Crippen LogP) is 2.60. The second-order valence-electron chi connectivity index (χ2n) is 8.79. The first-order valence-electron chi connectivity index (χ1n) is 11.1. The molecule has 38 heavy (non-hydrogen) atoms. The van der Waals surface area contributed by atoms with E-state index in [-0.39, 0.29) is 28.6 Å². The average Bonchev–Trinajstić information content (AvgIpc) is 3.32. The van der Waals surface area contributed by atoms with Crippen LogP contribution in [0, 0.1) is 5.82 Å². The Hall–Kier alpha value is -2.06. The minimum absolute atomic E-state index is 0.0567. The molecule has 0 saturated carbocycles. The summed E-state index contributed by atoms with van der Waals surface area (Å²) < 4.78 is 62.6. The maximum Gasteiger partial charge on any atom is 0.340 e. The summed E-state index contributed by atoms with van der Waals surface area (Å²) in [4.78, 5) is 35.7. The van der Waals surface area contributed by atoms with Gasteiger partial charge in [0.25, 0.3) is 0 Å². The van der Waals surface area contributed by atoms with Crippen LogP contribution in [0.3, 0.4) is 0 Å². The summed E-state index contributed by atoms with van der Waals surface area (Å²) in [5.41, 5.74) is 0.799. The molecule has 1 aromatic carbocycles. The minimum Gasteiger partial charge on any atom is -0.387 e. The number of aliphatic hydroxyl groups is 1. The first kappa shape index (κ1) is 28.9. The molecule has 0 amide bonds. The fourth-order valence-electron chi connectivity index (χ4n) is 4.00. The van der Waals surface area contributed by atoms with Gasteiger partial charge in [-0.25, -0.2) is 13.5 Å². The summed E-state index contributed by atoms with van der Waals surface area (Å²) in [6.45, 7) is 1.01. The van der Waals surface area contributed by atoms with Crippen LogP contribution in [-0.4, -0.2) is 76.5 Å². The van der Waals surface area contributed by atoms with E-state index in [1.54, 1.807) is 12.1 Å². The lowest BCUT2D eigenvalue weighted by Gasteiger charge is -2.18. The fraction of sp³-hybridized carbons (Fsp3) is 0.450. The zero-order valence-electron chi connectivity index (χ0n) is 19.6. The molecule has 3 heterocycles. The summed E-state index contributed by atoms with van der Waals surface area (Å²) in [5.74, 6) is -1.55. The van der Waals surface area contributed by atoms with Gasteiger partial charge in [0.1, 0.15) is 23.8 Å². The van der Waals surface area contributed by atoms with Crippen LogP contribution in [-0.2, 0) is 24.8 Å². The number of ether oxygens (including phenoxy) is 1. The second kappa shape index (κ2) is 11.2. The normalized spacial score (nSPS) is 24.4. The molecule has 1 aliphatic heterocycles. The molecular formula is C20H24ClF2N5O8P2. The van der Waals surface area contributed by atoms with Crippen LogP contribution in [0.4, 0.5) is 14.6 Å². The minimum atomic E-state index is -4.88. The molecule has 0 bridgehead atoms. The number of benzene rings is 1. The third-order valence-corrected chi connectivity index (χ3v) is 9.20. The molecule has 208 valence electrons. The third-order valence-electron chi connectivity index (χ3n) is 5.58. The van der Waals surface area contributed by atoms with E-state index in [0.29, 0.717) is 11.8 Å². The standard InChI is InChI=1S/C20H24ClF2N5O8P2/c1-10(5-11-3-2-4-12(22)6-11)25-17-13-7-24-28(18(13)27-20(21)26-17)19-15(23)16(29)14(36-19)8-35-38(33,34)9-37(30,31)32/h2-4,6-7,10,14-16,19,29H,5,8-9H2,1H3,(H,33,34)(H,25,26,27)(H2,30,31,32)/t10-,14+,15-,16+,19+/m0/s1. The highest BCUT2D eigenvalue weighted by atomic mass is 35.5. The smallest absolute Gasteiger partial charge is 0.340 e. The Kier molecular flexibility index (Phi) is 8.53. The van der Waals surface area contributed by atoms with Gasteiger partial charge in [-0.2, -0.15) is 15.1 Å². The van der Waals surface area contributed by atoms with Gasteiger partial charge >= 0.3 is 15.2 Å². The Morgan fingerprint density at radius 2 is 2.03 bits per heavy atom. The molecule has 5 N–H and O–H groups in total. The quantitative estimate of drug-likeness (QED) is 0.170. The first-order chi connectivity index (χ1) is 17.7. The molecule has 0 spiro atoms. The van der Waals surface area contributed by atoms with Gasteiger partial charge < -0.3 is 34.4 Å². The SMILES string of the molecule is C[C@@H](Cc1cccc(F)c1)Nc1nc(Cl)nc2c1cnn2[C@@H]1O[C@H](COP(=O)(O)CP(=O)(O)O)[C@@H](O)[C@@H]1F. The lowest BCUT2D eigenvalue weighted by Crippen LogP contribution is -2.31. The molecule has 1 unspecified atom stereocenters. The maximum atomic E-state index is 15.0. The van der Waals surface area contributed by atoms with E-state index in [4.69, 9.17) is 26.1 Å². The Morgan fingerprint density at radius 3 is 2.71 bits per heavy atom. The monoisotopic (exact) mass is 597 g/mol. The van der Waals surface area contributed by atoms with E-state index < -0.39 is 52.3 Å². The van der Waals surface area contributed by atoms with Gasteiger partial charge in [-0.1, -0.05) is 12.1 Å². The Labute approximate surface area is 219 Å². The number of alkyl halides is 1. The lowest BCUT2D eigenvalue weighted by atomic mass is 10.1. The molecular weight excluding hydrogens is 574 g/mol. The van der Waals surface area contributed by atoms with Gasteiger partial charge in [-0.15, -0.1) is 0 Å². The summed E-state index contributed by atoms with van der Waals surface area (Å²) in [6, 6.07) is 5.88. The average molecular weight is 598 g/mol. The highest BCUT2D eigenvalue weighted by Gasteiger charge is 2.47. The molecule has 0 aliphatic carbocycles. The number of nitrogens with zero attached hydrogens (tertiary/aromatic N) is 4. The van der Waals surface area contributed by atoms with Crippen LogP contribution < -0.4 is 5.32 Å². The fourth-order valence-corrected chi connectivity index (χ4v) is 6.73. The number of hydrogen-bond donors (Lipinski definition) is 5. The second-order valence-corrected chi connectivity index (χ2v) is 13.1. The maximum absolute atomic E-state index is 15.0. The largest absolute Gasteiger partial charge is 0.387 e. The van der Waals surface area contributed by atoms with Crippen molar-refractivity contribution in [2.75, 3.05) is 17.8 Å². The van der Waals surface area contributed by atoms with Crippen molar-refractivity contribution in [3.63, 3.8) is 0 Å². The molecule has 6 atom stereocenters. The van der Waals surface area contributed by atoms with Crippen molar-refractivity contribution >= 4 is 43.6 Å². The number of halogens is 3. The number of aliphatic hydroxyl groups excluding tert-OH is 1. The van der Waals surface area contributed by atoms with E-state index in [2.05, 4.69) is 24.9 Å². The Morgan fingerprint density at radius 1 is 1.29 bits per heavy atom. The number of fused-ring (bicyclic) bond motifs is 1. The molecule has 13 nitrogen and oxygen atoms in total. The van der Waals surface area contributed by atoms with E-state index in [1.165, 1.54) is 18.3 Å². The van der Waals surface area contributed by atoms with Crippen molar-refractivity contribution in [2.24, 2.45) is 0 Å². The molecule has 1 saturated heterocycles. The lowest BCUT2D eigenvalue weighted by molar-refractivity contribution is -0.0472. The van der Waals surface area contributed by atoms with Crippen molar-refractivity contribution < 1.29 is 47.0 Å². The molecule has 0 radical (unpaired) electrons. The zero-order chi connectivity index (χ0) is 27.8. The highest BCUT2D eigenvalue weighted by Crippen LogP contribution is 2.55. The van der Waals surface area contributed by atoms with Gasteiger partial charge in [0, 0.05) is 6.04 Å². The third kappa shape index (κ3) is 6.92. The summed E-state index contributed by atoms with van der Waals surface area (Å²) in [7, 11) is -9.63. The van der Waals surface area contributed by atoms with Crippen molar-refractivity contribution in [2.45, 2.75) is 44.0 Å². The van der Waals surface area contributed by atoms with Gasteiger partial charge in [0.05, 0.1) is 18.2 Å². The van der Waals surface area contributed by atoms with Crippen LogP contribution in [0.15, 0.2) is 30.5 Å². The molecule has 3 aromatic rings. The van der Waals surface area contributed by atoms with E-state index in [9.17, 15) is 23.5 Å². The van der Waals surface area contributed by atoms with Crippen LogP contribution in [0.5, 0.6) is 0 Å². The van der Waals surface area contributed by atoms with E-state index in [0.717, 1.165) is 10.2 Å². The van der Waals surface area contributed by atoms with Crippen molar-refractivity contribution in [1.82, 2.24) is 19.7 Å². The van der Waals surface area contributed by atoms with Crippen molar-refractivity contribution in [3.8, 4) is 0 Å². The summed E-state index contributed by atoms with van der Waals surface area (Å²) in [5, 5.41) is 17.7. The van der Waals surface area contributed by atoms with E-state index >= 15 is 4.39 Å². The zero-order valence-corrected chi connectivity index (χ0v) is 22.2. The van der Waals surface area contributed by atoms with Crippen LogP contribution >= 0.6 is 26.8 Å². The van der Waals surface area contributed by atoms with Gasteiger partial charge in [0.15, 0.2) is 23.9 Å². The van der Waals surface area contributed by atoms with Crippen molar-refractivity contribution in [1.29, 1.82) is 0 Å². The molecule has 1 aliphatic rings. The highest BCUT2D eigenvalue weighted by molar-refractivity contribution is 7.70.